The molecule has 1 aliphatic heterocycles. The SMILES string of the molecule is CCCCCCCCCCCCCCCCCCOC(=O)N1CCCC(COP(=O)([O-])OCC[N+](C)(C)C)C1. The summed E-state index contributed by atoms with van der Waals surface area (Å²) in [7, 11) is 1.57. The molecule has 39 heavy (non-hydrogen) atoms. The van der Waals surface area contributed by atoms with Crippen LogP contribution >= 0.6 is 7.82 Å². The van der Waals surface area contributed by atoms with Gasteiger partial charge in [-0.25, -0.2) is 4.79 Å². The molecule has 1 aliphatic rings. The molecule has 0 aromatic heterocycles. The Labute approximate surface area is 240 Å². The van der Waals surface area contributed by atoms with Crippen LogP contribution in [-0.2, 0) is 18.3 Å². The zero-order valence-corrected chi connectivity index (χ0v) is 26.7. The highest BCUT2D eigenvalue weighted by atomic mass is 31.2. The summed E-state index contributed by atoms with van der Waals surface area (Å²) < 4.78 is 28.2. The molecule has 1 heterocycles. The van der Waals surface area contributed by atoms with Gasteiger partial charge in [0, 0.05) is 19.0 Å². The molecular weight excluding hydrogens is 515 g/mol. The molecule has 0 saturated carbocycles. The average Bonchev–Trinajstić information content (AvgIpc) is 2.88. The molecular formula is C30H61N2O6P. The fraction of sp³-hybridized carbons (Fsp3) is 0.967. The Hall–Kier alpha value is -0.660. The van der Waals surface area contributed by atoms with Crippen molar-refractivity contribution in [1.82, 2.24) is 4.90 Å². The molecule has 0 N–H and O–H groups in total. The van der Waals surface area contributed by atoms with E-state index in [1.807, 2.05) is 21.1 Å². The molecule has 0 aromatic rings. The lowest BCUT2D eigenvalue weighted by Crippen LogP contribution is -2.41. The van der Waals surface area contributed by atoms with Gasteiger partial charge in [-0.15, -0.1) is 0 Å². The average molecular weight is 577 g/mol. The number of rotatable bonds is 24. The smallest absolute Gasteiger partial charge is 0.409 e. The molecule has 0 aromatic carbocycles. The second-order valence-electron chi connectivity index (χ2n) is 12.5. The Morgan fingerprint density at radius 3 is 1.85 bits per heavy atom. The predicted molar refractivity (Wildman–Crippen MR) is 158 cm³/mol. The predicted octanol–water partition coefficient (Wildman–Crippen LogP) is 7.30. The second-order valence-corrected chi connectivity index (χ2v) is 13.9. The summed E-state index contributed by atoms with van der Waals surface area (Å²) in [6.07, 6.45) is 22.4. The number of piperidine rings is 1. The van der Waals surface area contributed by atoms with Crippen LogP contribution in [0.15, 0.2) is 0 Å². The maximum atomic E-state index is 12.5. The van der Waals surface area contributed by atoms with E-state index in [0.717, 1.165) is 25.7 Å². The van der Waals surface area contributed by atoms with Gasteiger partial charge in [0.1, 0.15) is 13.2 Å². The van der Waals surface area contributed by atoms with Crippen molar-refractivity contribution in [2.45, 2.75) is 122 Å². The number of unbranched alkanes of at least 4 members (excludes halogenated alkanes) is 15. The number of phosphoric ester groups is 1. The van der Waals surface area contributed by atoms with Gasteiger partial charge in [0.25, 0.3) is 7.82 Å². The summed E-state index contributed by atoms with van der Waals surface area (Å²) in [5.74, 6) is -0.0360. The molecule has 0 spiro atoms. The first-order chi connectivity index (χ1) is 18.6. The molecule has 0 bridgehead atoms. The van der Waals surface area contributed by atoms with E-state index in [4.69, 9.17) is 13.8 Å². The van der Waals surface area contributed by atoms with Gasteiger partial charge >= 0.3 is 6.09 Å². The van der Waals surface area contributed by atoms with Gasteiger partial charge in [-0.3, -0.25) is 4.57 Å². The van der Waals surface area contributed by atoms with Gasteiger partial charge in [0.15, 0.2) is 0 Å². The number of likely N-dealkylation sites (tertiary alicyclic amines) is 1. The molecule has 2 atom stereocenters. The first-order valence-electron chi connectivity index (χ1n) is 16.0. The van der Waals surface area contributed by atoms with Crippen molar-refractivity contribution in [2.24, 2.45) is 5.92 Å². The molecule has 1 amide bonds. The maximum Gasteiger partial charge on any atom is 0.409 e. The lowest BCUT2D eigenvalue weighted by Gasteiger charge is -2.33. The van der Waals surface area contributed by atoms with Crippen LogP contribution in [0.2, 0.25) is 0 Å². The number of hydrogen-bond acceptors (Lipinski definition) is 6. The summed E-state index contributed by atoms with van der Waals surface area (Å²) in [6.45, 7) is 4.51. The van der Waals surface area contributed by atoms with Crippen molar-refractivity contribution in [3.05, 3.63) is 0 Å². The van der Waals surface area contributed by atoms with Crippen molar-refractivity contribution < 1.29 is 32.5 Å². The first kappa shape index (κ1) is 36.4. The lowest BCUT2D eigenvalue weighted by molar-refractivity contribution is -0.870. The first-order valence-corrected chi connectivity index (χ1v) is 17.4. The Balaban J connectivity index is 1.99. The Morgan fingerprint density at radius 2 is 1.33 bits per heavy atom. The number of carbonyl (C=O) groups is 1. The molecule has 2 unspecified atom stereocenters. The normalized spacial score (nSPS) is 17.8. The molecule has 0 aliphatic carbocycles. The van der Waals surface area contributed by atoms with Crippen molar-refractivity contribution in [3.63, 3.8) is 0 Å². The van der Waals surface area contributed by atoms with Crippen LogP contribution in [0, 0.1) is 5.92 Å². The maximum absolute atomic E-state index is 12.5. The van der Waals surface area contributed by atoms with Gasteiger partial charge < -0.3 is 28.1 Å². The van der Waals surface area contributed by atoms with E-state index in [1.165, 1.54) is 89.9 Å². The highest BCUT2D eigenvalue weighted by Gasteiger charge is 2.26. The highest BCUT2D eigenvalue weighted by Crippen LogP contribution is 2.39. The summed E-state index contributed by atoms with van der Waals surface area (Å²) in [4.78, 5) is 26.2. The standard InChI is InChI=1S/C30H61N2O6P/c1-5-6-7-8-9-10-11-12-13-14-15-16-17-18-19-20-25-36-30(33)31-23-21-22-29(27-31)28-38-39(34,35)37-26-24-32(2,3)4/h29H,5-28H2,1-4H3. The van der Waals surface area contributed by atoms with Crippen LogP contribution in [-0.4, -0.2) is 76.1 Å². The highest BCUT2D eigenvalue weighted by molar-refractivity contribution is 7.45. The fourth-order valence-corrected chi connectivity index (χ4v) is 5.70. The van der Waals surface area contributed by atoms with Gasteiger partial charge in [0.05, 0.1) is 34.4 Å². The van der Waals surface area contributed by atoms with Crippen LogP contribution in [0.5, 0.6) is 0 Å². The largest absolute Gasteiger partial charge is 0.756 e. The molecule has 1 rings (SSSR count). The minimum atomic E-state index is -4.33. The van der Waals surface area contributed by atoms with E-state index in [0.29, 0.717) is 30.7 Å². The van der Waals surface area contributed by atoms with Crippen molar-refractivity contribution >= 4 is 13.9 Å². The Kier molecular flexibility index (Phi) is 20.5. The Bertz CT molecular complexity index is 658. The van der Waals surface area contributed by atoms with E-state index in [1.54, 1.807) is 4.90 Å². The molecule has 1 saturated heterocycles. The summed E-state index contributed by atoms with van der Waals surface area (Å²) in [5, 5.41) is 0. The molecule has 1 fully saturated rings. The van der Waals surface area contributed by atoms with E-state index in [9.17, 15) is 14.3 Å². The van der Waals surface area contributed by atoms with Gasteiger partial charge in [-0.05, 0) is 19.3 Å². The van der Waals surface area contributed by atoms with Crippen LogP contribution in [0.25, 0.3) is 0 Å². The van der Waals surface area contributed by atoms with E-state index in [-0.39, 0.29) is 25.2 Å². The minimum absolute atomic E-state index is 0.0358. The quantitative estimate of drug-likeness (QED) is 0.0680. The summed E-state index contributed by atoms with van der Waals surface area (Å²) in [5.41, 5.74) is 0. The topological polar surface area (TPSA) is 88.1 Å². The minimum Gasteiger partial charge on any atom is -0.756 e. The van der Waals surface area contributed by atoms with Crippen molar-refractivity contribution in [3.8, 4) is 0 Å². The van der Waals surface area contributed by atoms with Crippen molar-refractivity contribution in [1.29, 1.82) is 0 Å². The molecule has 232 valence electrons. The third-order valence-corrected chi connectivity index (χ3v) is 8.44. The van der Waals surface area contributed by atoms with E-state index < -0.39 is 7.82 Å². The third-order valence-electron chi connectivity index (χ3n) is 7.48. The lowest BCUT2D eigenvalue weighted by atomic mass is 10.00. The number of ether oxygens (including phenoxy) is 1. The number of amides is 1. The second kappa shape index (κ2) is 22.0. The number of phosphoric acid groups is 1. The monoisotopic (exact) mass is 576 g/mol. The van der Waals surface area contributed by atoms with Gasteiger partial charge in [0.2, 0.25) is 0 Å². The number of nitrogens with zero attached hydrogens (tertiary/aromatic N) is 2. The van der Waals surface area contributed by atoms with E-state index in [2.05, 4.69) is 6.92 Å². The van der Waals surface area contributed by atoms with Gasteiger partial charge in [-0.2, -0.15) is 0 Å². The van der Waals surface area contributed by atoms with Crippen molar-refractivity contribution in [2.75, 3.05) is 60.6 Å². The molecule has 0 radical (unpaired) electrons. The molecule has 8 nitrogen and oxygen atoms in total. The van der Waals surface area contributed by atoms with E-state index >= 15 is 0 Å². The fourth-order valence-electron chi connectivity index (χ4n) is 4.93. The summed E-state index contributed by atoms with van der Waals surface area (Å²) >= 11 is 0. The van der Waals surface area contributed by atoms with Crippen LogP contribution in [0.3, 0.4) is 0 Å². The van der Waals surface area contributed by atoms with Crippen LogP contribution in [0.1, 0.15) is 122 Å². The zero-order chi connectivity index (χ0) is 28.8. The summed E-state index contributed by atoms with van der Waals surface area (Å²) in [6, 6.07) is 0. The van der Waals surface area contributed by atoms with Crippen LogP contribution < -0.4 is 4.89 Å². The molecule has 9 heteroatoms. The van der Waals surface area contributed by atoms with Crippen LogP contribution in [0.4, 0.5) is 4.79 Å². The zero-order valence-electron chi connectivity index (χ0n) is 25.8. The number of carbonyl (C=O) groups excluding carboxylic acids is 1. The number of quaternary nitrogens is 1. The number of hydrogen-bond donors (Lipinski definition) is 0. The Morgan fingerprint density at radius 1 is 0.821 bits per heavy atom. The van der Waals surface area contributed by atoms with Gasteiger partial charge in [-0.1, -0.05) is 103 Å². The number of likely N-dealkylation sites (N-methyl/N-ethyl adjacent to an activating group) is 1. The third kappa shape index (κ3) is 21.7.